The summed E-state index contributed by atoms with van der Waals surface area (Å²) in [5.41, 5.74) is 3.42. The first-order valence-corrected chi connectivity index (χ1v) is 5.41. The van der Waals surface area contributed by atoms with Crippen molar-refractivity contribution in [3.05, 3.63) is 59.7 Å². The molecule has 0 fully saturated rings. The van der Waals surface area contributed by atoms with Gasteiger partial charge in [0.1, 0.15) is 0 Å². The van der Waals surface area contributed by atoms with Crippen LogP contribution in [0, 0.1) is 0 Å². The molecule has 0 saturated heterocycles. The van der Waals surface area contributed by atoms with E-state index in [4.69, 9.17) is 0 Å². The van der Waals surface area contributed by atoms with Crippen molar-refractivity contribution < 1.29 is 0 Å². The second kappa shape index (κ2) is 5.21. The zero-order valence-corrected chi connectivity index (χ0v) is 9.30. The minimum atomic E-state index is 0.877. The first-order valence-electron chi connectivity index (χ1n) is 5.41. The van der Waals surface area contributed by atoms with Gasteiger partial charge in [0.05, 0.1) is 11.9 Å². The Kier molecular flexibility index (Phi) is 3.44. The van der Waals surface area contributed by atoms with E-state index in [2.05, 4.69) is 41.2 Å². The number of nitrogens with zero attached hydrogens (tertiary/aromatic N) is 2. The molecule has 0 N–H and O–H groups in total. The molecule has 1 aromatic heterocycles. The largest absolute Gasteiger partial charge is 0.261 e. The summed E-state index contributed by atoms with van der Waals surface area (Å²) in [7, 11) is 0. The monoisotopic (exact) mass is 210 g/mol. The van der Waals surface area contributed by atoms with Gasteiger partial charge >= 0.3 is 0 Å². The fourth-order valence-electron chi connectivity index (χ4n) is 1.44. The van der Waals surface area contributed by atoms with Gasteiger partial charge in [-0.05, 0) is 23.6 Å². The van der Waals surface area contributed by atoms with Crippen molar-refractivity contribution in [2.45, 2.75) is 13.3 Å². The number of aromatic nitrogens is 2. The normalized spacial score (nSPS) is 10.8. The first-order chi connectivity index (χ1) is 7.88. The smallest absolute Gasteiger partial charge is 0.0813 e. The van der Waals surface area contributed by atoms with E-state index in [1.165, 1.54) is 11.1 Å². The van der Waals surface area contributed by atoms with E-state index in [1.54, 1.807) is 18.6 Å². The van der Waals surface area contributed by atoms with Gasteiger partial charge in [0, 0.05) is 12.4 Å². The van der Waals surface area contributed by atoms with Crippen LogP contribution in [0.15, 0.2) is 42.9 Å². The second-order valence-electron chi connectivity index (χ2n) is 3.56. The van der Waals surface area contributed by atoms with Crippen LogP contribution in [0.1, 0.15) is 23.7 Å². The van der Waals surface area contributed by atoms with Gasteiger partial charge < -0.3 is 0 Å². The topological polar surface area (TPSA) is 25.8 Å². The summed E-state index contributed by atoms with van der Waals surface area (Å²) in [6.45, 7) is 2.16. The summed E-state index contributed by atoms with van der Waals surface area (Å²) >= 11 is 0. The van der Waals surface area contributed by atoms with Crippen molar-refractivity contribution in [2.24, 2.45) is 0 Å². The third kappa shape index (κ3) is 2.76. The van der Waals surface area contributed by atoms with Crippen LogP contribution in [-0.4, -0.2) is 9.97 Å². The molecule has 0 amide bonds. The molecule has 0 aliphatic rings. The molecule has 80 valence electrons. The maximum Gasteiger partial charge on any atom is 0.0813 e. The van der Waals surface area contributed by atoms with Crippen LogP contribution in [0.25, 0.3) is 12.2 Å². The van der Waals surface area contributed by atoms with Crippen LogP contribution in [0.5, 0.6) is 0 Å². The highest BCUT2D eigenvalue weighted by Crippen LogP contribution is 2.08. The summed E-state index contributed by atoms with van der Waals surface area (Å²) < 4.78 is 0. The molecule has 2 aromatic rings. The van der Waals surface area contributed by atoms with Gasteiger partial charge in [-0.3, -0.25) is 9.97 Å². The average molecular weight is 210 g/mol. The predicted molar refractivity (Wildman–Crippen MR) is 66.8 cm³/mol. The molecule has 0 bridgehead atoms. The zero-order chi connectivity index (χ0) is 11.2. The highest BCUT2D eigenvalue weighted by atomic mass is 14.7. The molecule has 2 nitrogen and oxygen atoms in total. The Hall–Kier alpha value is -1.96. The van der Waals surface area contributed by atoms with Crippen LogP contribution in [-0.2, 0) is 6.42 Å². The van der Waals surface area contributed by atoms with E-state index in [1.807, 2.05) is 12.2 Å². The third-order valence-electron chi connectivity index (χ3n) is 2.42. The Morgan fingerprint density at radius 1 is 1.06 bits per heavy atom. The summed E-state index contributed by atoms with van der Waals surface area (Å²) in [6, 6.07) is 8.53. The lowest BCUT2D eigenvalue weighted by molar-refractivity contribution is 1.14. The van der Waals surface area contributed by atoms with Gasteiger partial charge in [0.25, 0.3) is 0 Å². The summed E-state index contributed by atoms with van der Waals surface area (Å²) in [6.07, 6.45) is 10.2. The molecule has 0 aliphatic heterocycles. The van der Waals surface area contributed by atoms with Crippen LogP contribution >= 0.6 is 0 Å². The fraction of sp³-hybridized carbons (Fsp3) is 0.143. The maximum atomic E-state index is 4.18. The van der Waals surface area contributed by atoms with Gasteiger partial charge in [0.2, 0.25) is 0 Å². The Morgan fingerprint density at radius 3 is 2.50 bits per heavy atom. The van der Waals surface area contributed by atoms with E-state index in [-0.39, 0.29) is 0 Å². The summed E-state index contributed by atoms with van der Waals surface area (Å²) in [4.78, 5) is 8.19. The number of hydrogen-bond acceptors (Lipinski definition) is 2. The molecule has 0 aliphatic carbocycles. The van der Waals surface area contributed by atoms with Crippen molar-refractivity contribution in [2.75, 3.05) is 0 Å². The van der Waals surface area contributed by atoms with Crippen molar-refractivity contribution in [3.63, 3.8) is 0 Å². The molecule has 0 unspecified atom stereocenters. The Balaban J connectivity index is 2.12. The molecule has 0 atom stereocenters. The highest BCUT2D eigenvalue weighted by Gasteiger charge is 1.90. The molecule has 16 heavy (non-hydrogen) atoms. The van der Waals surface area contributed by atoms with Crippen molar-refractivity contribution >= 4 is 12.2 Å². The molecular formula is C14H14N2. The summed E-state index contributed by atoms with van der Waals surface area (Å²) in [5, 5.41) is 0. The molecule has 2 rings (SSSR count). The van der Waals surface area contributed by atoms with Gasteiger partial charge in [-0.1, -0.05) is 37.3 Å². The first kappa shape index (κ1) is 10.6. The summed E-state index contributed by atoms with van der Waals surface area (Å²) in [5.74, 6) is 0. The SMILES string of the molecule is CCc1ccc(/C=C/c2cnccn2)cc1. The van der Waals surface area contributed by atoms with Crippen molar-refractivity contribution in [1.82, 2.24) is 9.97 Å². The maximum absolute atomic E-state index is 4.18. The van der Waals surface area contributed by atoms with E-state index in [9.17, 15) is 0 Å². The fourth-order valence-corrected chi connectivity index (χ4v) is 1.44. The number of rotatable bonds is 3. The van der Waals surface area contributed by atoms with E-state index in [0.29, 0.717) is 0 Å². The molecule has 1 aromatic carbocycles. The van der Waals surface area contributed by atoms with Crippen LogP contribution in [0.3, 0.4) is 0 Å². The third-order valence-corrected chi connectivity index (χ3v) is 2.42. The highest BCUT2D eigenvalue weighted by molar-refractivity contribution is 5.67. The molecule has 1 heterocycles. The van der Waals surface area contributed by atoms with Crippen LogP contribution < -0.4 is 0 Å². The Morgan fingerprint density at radius 2 is 1.88 bits per heavy atom. The van der Waals surface area contributed by atoms with Crippen LogP contribution in [0.2, 0.25) is 0 Å². The van der Waals surface area contributed by atoms with E-state index >= 15 is 0 Å². The Labute approximate surface area is 95.7 Å². The molecular weight excluding hydrogens is 196 g/mol. The van der Waals surface area contributed by atoms with Crippen LogP contribution in [0.4, 0.5) is 0 Å². The van der Waals surface area contributed by atoms with Gasteiger partial charge in [-0.15, -0.1) is 0 Å². The lowest BCUT2D eigenvalue weighted by Gasteiger charge is -1.97. The standard InChI is InChI=1S/C14H14N2/c1-2-12-3-5-13(6-4-12)7-8-14-11-15-9-10-16-14/h3-11H,2H2,1H3/b8-7+. The van der Waals surface area contributed by atoms with Crippen molar-refractivity contribution in [3.8, 4) is 0 Å². The number of aryl methyl sites for hydroxylation is 1. The van der Waals surface area contributed by atoms with E-state index in [0.717, 1.165) is 12.1 Å². The number of hydrogen-bond donors (Lipinski definition) is 0. The number of benzene rings is 1. The van der Waals surface area contributed by atoms with Gasteiger partial charge in [0.15, 0.2) is 0 Å². The average Bonchev–Trinajstić information content (AvgIpc) is 2.38. The van der Waals surface area contributed by atoms with Gasteiger partial charge in [-0.25, -0.2) is 0 Å². The van der Waals surface area contributed by atoms with E-state index < -0.39 is 0 Å². The Bertz CT molecular complexity index is 458. The van der Waals surface area contributed by atoms with Gasteiger partial charge in [-0.2, -0.15) is 0 Å². The minimum Gasteiger partial charge on any atom is -0.261 e. The quantitative estimate of drug-likeness (QED) is 0.777. The van der Waals surface area contributed by atoms with Crippen molar-refractivity contribution in [1.29, 1.82) is 0 Å². The predicted octanol–water partition coefficient (Wildman–Crippen LogP) is 3.21. The molecule has 2 heteroatoms. The zero-order valence-electron chi connectivity index (χ0n) is 9.30. The lowest BCUT2D eigenvalue weighted by atomic mass is 10.1. The minimum absolute atomic E-state index is 0.877. The second-order valence-corrected chi connectivity index (χ2v) is 3.56. The molecule has 0 radical (unpaired) electrons. The lowest BCUT2D eigenvalue weighted by Crippen LogP contribution is -1.81. The molecule has 0 saturated carbocycles. The molecule has 0 spiro atoms.